The summed E-state index contributed by atoms with van der Waals surface area (Å²) in [6, 6.07) is 1.46. The molecular weight excluding hydrogens is 322 g/mol. The summed E-state index contributed by atoms with van der Waals surface area (Å²) in [5.41, 5.74) is 0. The van der Waals surface area contributed by atoms with Crippen LogP contribution in [0.15, 0.2) is 12.3 Å². The lowest BCUT2D eigenvalue weighted by Gasteiger charge is -2.06. The van der Waals surface area contributed by atoms with Crippen LogP contribution in [-0.2, 0) is 10.0 Å². The number of rotatable bonds is 3. The van der Waals surface area contributed by atoms with E-state index in [2.05, 4.69) is 9.71 Å². The third-order valence-electron chi connectivity index (χ3n) is 1.47. The lowest BCUT2D eigenvalue weighted by Crippen LogP contribution is -2.16. The maximum atomic E-state index is 13.3. The van der Waals surface area contributed by atoms with Gasteiger partial charge in [-0.25, -0.2) is 17.8 Å². The van der Waals surface area contributed by atoms with Crippen molar-refractivity contribution in [2.75, 3.05) is 10.5 Å². The molecule has 0 aromatic carbocycles. The Bertz CT molecular complexity index is 435. The molecule has 1 N–H and O–H groups in total. The predicted octanol–water partition coefficient (Wildman–Crippen LogP) is 1.59. The smallest absolute Gasteiger partial charge is 0.233 e. The summed E-state index contributed by atoms with van der Waals surface area (Å²) >= 11 is 1.76. The molecule has 0 unspecified atom stereocenters. The molecular formula is C7H8FIN2O2S. The summed E-state index contributed by atoms with van der Waals surface area (Å²) in [6.07, 6.45) is 1.35. The minimum atomic E-state index is -3.47. The highest BCUT2D eigenvalue weighted by atomic mass is 127. The first-order valence-corrected chi connectivity index (χ1v) is 6.50. The van der Waals surface area contributed by atoms with Gasteiger partial charge in [0.2, 0.25) is 10.0 Å². The Hall–Kier alpha value is -0.440. The maximum Gasteiger partial charge on any atom is 0.233 e. The Balaban J connectivity index is 3.05. The summed E-state index contributed by atoms with van der Waals surface area (Å²) < 4.78 is 37.9. The number of sulfonamides is 1. The van der Waals surface area contributed by atoms with Crippen LogP contribution in [0.1, 0.15) is 6.92 Å². The van der Waals surface area contributed by atoms with Gasteiger partial charge in [-0.2, -0.15) is 0 Å². The van der Waals surface area contributed by atoms with E-state index in [0.717, 1.165) is 0 Å². The van der Waals surface area contributed by atoms with Crippen LogP contribution in [0.3, 0.4) is 0 Å². The van der Waals surface area contributed by atoms with Crippen molar-refractivity contribution in [3.8, 4) is 0 Å². The number of hydrogen-bond donors (Lipinski definition) is 1. The van der Waals surface area contributed by atoms with Crippen molar-refractivity contribution in [1.82, 2.24) is 4.98 Å². The van der Waals surface area contributed by atoms with Crippen molar-refractivity contribution in [2.24, 2.45) is 0 Å². The standard InChI is InChI=1S/C7H8FIN2O2S/c1-2-14(12,13)11-7-6(8)5(9)3-4-10-7/h3-4H,2H2,1H3,(H,10,11). The second-order valence-corrected chi connectivity index (χ2v) is 5.63. The van der Waals surface area contributed by atoms with E-state index in [1.807, 2.05) is 0 Å². The summed E-state index contributed by atoms with van der Waals surface area (Å²) in [4.78, 5) is 3.60. The Kier molecular flexibility index (Phi) is 3.65. The van der Waals surface area contributed by atoms with Gasteiger partial charge in [0.15, 0.2) is 11.6 Å². The number of halogens is 2. The third-order valence-corrected chi connectivity index (χ3v) is 3.57. The first kappa shape index (κ1) is 11.6. The van der Waals surface area contributed by atoms with Gasteiger partial charge in [-0.15, -0.1) is 0 Å². The first-order chi connectivity index (χ1) is 6.46. The molecule has 1 rings (SSSR count). The zero-order valence-corrected chi connectivity index (χ0v) is 10.3. The molecule has 0 aliphatic rings. The molecule has 4 nitrogen and oxygen atoms in total. The van der Waals surface area contributed by atoms with Gasteiger partial charge < -0.3 is 0 Å². The lowest BCUT2D eigenvalue weighted by molar-refractivity contribution is 0.597. The molecule has 14 heavy (non-hydrogen) atoms. The summed E-state index contributed by atoms with van der Waals surface area (Å²) in [5, 5.41) is 0. The molecule has 1 aromatic rings. The molecule has 0 saturated carbocycles. The van der Waals surface area contributed by atoms with Gasteiger partial charge in [-0.05, 0) is 35.6 Å². The molecule has 0 spiro atoms. The zero-order valence-electron chi connectivity index (χ0n) is 7.29. The van der Waals surface area contributed by atoms with Crippen molar-refractivity contribution >= 4 is 38.4 Å². The second-order valence-electron chi connectivity index (χ2n) is 2.46. The van der Waals surface area contributed by atoms with E-state index in [1.165, 1.54) is 19.2 Å². The fourth-order valence-corrected chi connectivity index (χ4v) is 1.71. The van der Waals surface area contributed by atoms with Crippen LogP contribution in [0, 0.1) is 9.39 Å². The molecule has 0 aliphatic carbocycles. The van der Waals surface area contributed by atoms with Crippen molar-refractivity contribution in [2.45, 2.75) is 6.92 Å². The number of nitrogens with one attached hydrogen (secondary N) is 1. The highest BCUT2D eigenvalue weighted by molar-refractivity contribution is 14.1. The molecule has 1 heterocycles. The van der Waals surface area contributed by atoms with Crippen molar-refractivity contribution < 1.29 is 12.8 Å². The average Bonchev–Trinajstić information content (AvgIpc) is 2.13. The summed E-state index contributed by atoms with van der Waals surface area (Å²) in [6.45, 7) is 1.47. The van der Waals surface area contributed by atoms with Crippen LogP contribution < -0.4 is 4.72 Å². The number of aromatic nitrogens is 1. The predicted molar refractivity (Wildman–Crippen MR) is 60.0 cm³/mol. The van der Waals surface area contributed by atoms with E-state index in [0.29, 0.717) is 3.57 Å². The molecule has 0 fully saturated rings. The quantitative estimate of drug-likeness (QED) is 0.857. The van der Waals surface area contributed by atoms with E-state index >= 15 is 0 Å². The fourth-order valence-electron chi connectivity index (χ4n) is 0.711. The van der Waals surface area contributed by atoms with Crippen LogP contribution in [0.2, 0.25) is 0 Å². The first-order valence-electron chi connectivity index (χ1n) is 3.77. The Morgan fingerprint density at radius 3 is 2.86 bits per heavy atom. The van der Waals surface area contributed by atoms with Crippen molar-refractivity contribution in [3.05, 3.63) is 21.7 Å². The van der Waals surface area contributed by atoms with E-state index in [9.17, 15) is 12.8 Å². The van der Waals surface area contributed by atoms with Crippen LogP contribution >= 0.6 is 22.6 Å². The van der Waals surface area contributed by atoms with Crippen LogP contribution in [0.5, 0.6) is 0 Å². The lowest BCUT2D eigenvalue weighted by atomic mass is 10.4. The normalized spacial score (nSPS) is 11.4. The molecule has 78 valence electrons. The second kappa shape index (κ2) is 4.39. The number of pyridine rings is 1. The van der Waals surface area contributed by atoms with Crippen molar-refractivity contribution in [1.29, 1.82) is 0 Å². The topological polar surface area (TPSA) is 59.1 Å². The SMILES string of the molecule is CCS(=O)(=O)Nc1nccc(I)c1F. The monoisotopic (exact) mass is 330 g/mol. The summed E-state index contributed by atoms with van der Waals surface area (Å²) in [5.74, 6) is -1.01. The molecule has 0 amide bonds. The Morgan fingerprint density at radius 2 is 2.29 bits per heavy atom. The van der Waals surface area contributed by atoms with Gasteiger partial charge in [0.1, 0.15) is 0 Å². The molecule has 1 aromatic heterocycles. The van der Waals surface area contributed by atoms with Gasteiger partial charge in [-0.1, -0.05) is 0 Å². The highest BCUT2D eigenvalue weighted by Crippen LogP contribution is 2.17. The number of nitrogens with zero attached hydrogens (tertiary/aromatic N) is 1. The largest absolute Gasteiger partial charge is 0.265 e. The Labute approximate surface area is 95.1 Å². The molecule has 0 aliphatic heterocycles. The molecule has 7 heteroatoms. The molecule has 0 saturated heterocycles. The van der Waals surface area contributed by atoms with Gasteiger partial charge in [0.25, 0.3) is 0 Å². The van der Waals surface area contributed by atoms with Gasteiger partial charge in [0, 0.05) is 6.20 Å². The van der Waals surface area contributed by atoms with Crippen LogP contribution in [0.4, 0.5) is 10.2 Å². The minimum Gasteiger partial charge on any atom is -0.265 e. The van der Waals surface area contributed by atoms with Crippen LogP contribution in [0.25, 0.3) is 0 Å². The van der Waals surface area contributed by atoms with E-state index < -0.39 is 15.8 Å². The molecule has 0 radical (unpaired) electrons. The summed E-state index contributed by atoms with van der Waals surface area (Å²) in [7, 11) is -3.47. The van der Waals surface area contributed by atoms with E-state index in [1.54, 1.807) is 22.6 Å². The van der Waals surface area contributed by atoms with Gasteiger partial charge in [-0.3, -0.25) is 4.72 Å². The average molecular weight is 330 g/mol. The fraction of sp³-hybridized carbons (Fsp3) is 0.286. The number of anilines is 1. The Morgan fingerprint density at radius 1 is 1.64 bits per heavy atom. The third kappa shape index (κ3) is 2.77. The van der Waals surface area contributed by atoms with E-state index in [-0.39, 0.29) is 11.6 Å². The van der Waals surface area contributed by atoms with E-state index in [4.69, 9.17) is 0 Å². The zero-order chi connectivity index (χ0) is 10.8. The minimum absolute atomic E-state index is 0.112. The van der Waals surface area contributed by atoms with Gasteiger partial charge in [0.05, 0.1) is 9.32 Å². The highest BCUT2D eigenvalue weighted by Gasteiger charge is 2.13. The number of hydrogen-bond acceptors (Lipinski definition) is 3. The van der Waals surface area contributed by atoms with Crippen molar-refractivity contribution in [3.63, 3.8) is 0 Å². The van der Waals surface area contributed by atoms with Gasteiger partial charge >= 0.3 is 0 Å². The maximum absolute atomic E-state index is 13.3. The van der Waals surface area contributed by atoms with Crippen LogP contribution in [-0.4, -0.2) is 19.2 Å². The molecule has 0 bridgehead atoms. The molecule has 0 atom stereocenters.